The van der Waals surface area contributed by atoms with Gasteiger partial charge in [-0.25, -0.2) is 0 Å². The smallest absolute Gasteiger partial charge is 0.0158 e. The van der Waals surface area contributed by atoms with Crippen LogP contribution in [0.3, 0.4) is 0 Å². The molecule has 3 nitrogen and oxygen atoms in total. The van der Waals surface area contributed by atoms with Crippen LogP contribution < -0.4 is 5.49 Å². The molecule has 0 saturated carbocycles. The number of nitrogens with zero attached hydrogens (tertiary/aromatic N) is 2. The number of H-pyrrole nitrogens is 1. The number of hydrogen-bond acceptors (Lipinski definition) is 2. The third-order valence-corrected chi connectivity index (χ3v) is 0.983. The number of rotatable bonds is 0. The Balaban J connectivity index is 0.000000810. The number of hydrogen-bond donors (Lipinski definition) is 1. The summed E-state index contributed by atoms with van der Waals surface area (Å²) >= 11 is 0. The summed E-state index contributed by atoms with van der Waals surface area (Å²) in [6.07, 6.45) is 2.71. The first-order chi connectivity index (χ1) is 4.33. The average molecular weight is 306 g/mol. The first-order valence-electron chi connectivity index (χ1n) is 2.70. The molecule has 0 fully saturated rings. The average Bonchev–Trinajstić information content (AvgIpc) is 1.88. The van der Waals surface area contributed by atoms with E-state index in [0.29, 0.717) is 0 Å². The second-order valence-corrected chi connectivity index (χ2v) is 1.70. The van der Waals surface area contributed by atoms with Gasteiger partial charge in [0.1, 0.15) is 0 Å². The molecular formula is C6H8N3W-. The largest absolute Gasteiger partial charge is 0.434 e. The van der Waals surface area contributed by atoms with Crippen molar-refractivity contribution in [2.24, 2.45) is 4.99 Å². The molecule has 54 valence electrons. The van der Waals surface area contributed by atoms with Crippen molar-refractivity contribution in [2.45, 2.75) is 6.92 Å². The molecule has 1 aromatic heterocycles. The van der Waals surface area contributed by atoms with Crippen LogP contribution in [0.2, 0.25) is 0 Å². The van der Waals surface area contributed by atoms with Crippen LogP contribution in [0.1, 0.15) is 5.82 Å². The zero-order valence-corrected chi connectivity index (χ0v) is 8.81. The molecule has 0 aliphatic heterocycles. The molecule has 4 heteroatoms. The normalized spacial score (nSPS) is 10.8. The molecule has 10 heavy (non-hydrogen) atoms. The topological polar surface area (TPSA) is 41.0 Å². The minimum atomic E-state index is 0. The fraction of sp³-hybridized carbons (Fsp3) is 0.333. The van der Waals surface area contributed by atoms with Gasteiger partial charge in [-0.2, -0.15) is 0 Å². The first kappa shape index (κ1) is 9.57. The van der Waals surface area contributed by atoms with Crippen molar-refractivity contribution in [3.8, 4) is 0 Å². The molecule has 0 saturated heterocycles. The Morgan fingerprint density at radius 1 is 1.70 bits per heavy atom. The number of nitrogens with one attached hydrogen (secondary N) is 1. The first-order valence-corrected chi connectivity index (χ1v) is 2.70. The van der Waals surface area contributed by atoms with Crippen molar-refractivity contribution >= 4 is 0 Å². The van der Waals surface area contributed by atoms with Crippen LogP contribution >= 0.6 is 0 Å². The molecule has 0 atom stereocenters. The summed E-state index contributed by atoms with van der Waals surface area (Å²) in [6, 6.07) is 1.70. The van der Waals surface area contributed by atoms with E-state index in [1.807, 2.05) is 6.92 Å². The standard InChI is InChI=1S/C6H8N3.W/c1-5-8-4-3-6(7-2)9-5;/h3H,1-2H3,(H,7,8,9);/q-1;. The molecule has 0 aromatic carbocycles. The van der Waals surface area contributed by atoms with Crippen molar-refractivity contribution in [2.75, 3.05) is 7.05 Å². The van der Waals surface area contributed by atoms with Crippen LogP contribution in [0.25, 0.3) is 0 Å². The van der Waals surface area contributed by atoms with Gasteiger partial charge >= 0.3 is 0 Å². The Bertz CT molecular complexity index is 253. The van der Waals surface area contributed by atoms with Gasteiger partial charge in [-0.15, -0.1) is 6.07 Å². The summed E-state index contributed by atoms with van der Waals surface area (Å²) in [7, 11) is 1.72. The van der Waals surface area contributed by atoms with Gasteiger partial charge < -0.3 is 15.0 Å². The Morgan fingerprint density at radius 2 is 2.40 bits per heavy atom. The predicted molar refractivity (Wildman–Crippen MR) is 33.6 cm³/mol. The number of aromatic amines is 1. The summed E-state index contributed by atoms with van der Waals surface area (Å²) in [5, 5.41) is 0. The van der Waals surface area contributed by atoms with E-state index in [9.17, 15) is 0 Å². The summed E-state index contributed by atoms with van der Waals surface area (Å²) < 4.78 is 0. The van der Waals surface area contributed by atoms with Gasteiger partial charge in [0, 0.05) is 33.6 Å². The fourth-order valence-corrected chi connectivity index (χ4v) is 0.560. The Hall–Kier alpha value is -0.432. The molecule has 0 bridgehead atoms. The van der Waals surface area contributed by atoms with Crippen molar-refractivity contribution in [1.82, 2.24) is 9.97 Å². The molecule has 1 heterocycles. The minimum Gasteiger partial charge on any atom is -0.434 e. The number of aryl methyl sites for hydroxylation is 1. The molecule has 0 aliphatic rings. The predicted octanol–water partition coefficient (Wildman–Crippen LogP) is 0.0463. The maximum absolute atomic E-state index is 3.90. The molecule has 1 aromatic rings. The van der Waals surface area contributed by atoms with Crippen LogP contribution in [0.4, 0.5) is 0 Å². The van der Waals surface area contributed by atoms with Crippen molar-refractivity contribution < 1.29 is 21.1 Å². The van der Waals surface area contributed by atoms with Crippen molar-refractivity contribution in [3.05, 3.63) is 23.6 Å². The van der Waals surface area contributed by atoms with Gasteiger partial charge in [0.25, 0.3) is 0 Å². The van der Waals surface area contributed by atoms with E-state index in [0.717, 1.165) is 11.3 Å². The molecule has 1 N–H and O–H groups in total. The SMILES string of the molecule is CN=c1c[c-]nc(C)[nH]1.[W]. The van der Waals surface area contributed by atoms with Crippen LogP contribution in [0.5, 0.6) is 0 Å². The molecule has 0 radical (unpaired) electrons. The van der Waals surface area contributed by atoms with E-state index in [2.05, 4.69) is 21.2 Å². The summed E-state index contributed by atoms with van der Waals surface area (Å²) in [4.78, 5) is 10.7. The third-order valence-electron chi connectivity index (χ3n) is 0.983. The fourth-order valence-electron chi connectivity index (χ4n) is 0.560. The molecular weight excluding hydrogens is 298 g/mol. The molecule has 0 unspecified atom stereocenters. The minimum absolute atomic E-state index is 0. The van der Waals surface area contributed by atoms with Gasteiger partial charge in [-0.1, -0.05) is 13.1 Å². The van der Waals surface area contributed by atoms with Crippen LogP contribution in [0, 0.1) is 13.1 Å². The van der Waals surface area contributed by atoms with E-state index in [1.54, 1.807) is 13.1 Å². The van der Waals surface area contributed by atoms with Crippen molar-refractivity contribution in [3.63, 3.8) is 0 Å². The Labute approximate surface area is 73.9 Å². The molecule has 1 rings (SSSR count). The molecule has 0 amide bonds. The monoisotopic (exact) mass is 306 g/mol. The van der Waals surface area contributed by atoms with E-state index in [-0.39, 0.29) is 21.1 Å². The second kappa shape index (κ2) is 4.39. The van der Waals surface area contributed by atoms with Gasteiger partial charge in [0.05, 0.1) is 0 Å². The second-order valence-electron chi connectivity index (χ2n) is 1.70. The van der Waals surface area contributed by atoms with Gasteiger partial charge in [0.15, 0.2) is 0 Å². The Morgan fingerprint density at radius 3 is 2.80 bits per heavy atom. The van der Waals surface area contributed by atoms with E-state index in [1.165, 1.54) is 0 Å². The zero-order chi connectivity index (χ0) is 6.69. The third kappa shape index (κ3) is 2.44. The van der Waals surface area contributed by atoms with Gasteiger partial charge in [0.2, 0.25) is 0 Å². The summed E-state index contributed by atoms with van der Waals surface area (Å²) in [5.41, 5.74) is 0.808. The van der Waals surface area contributed by atoms with E-state index >= 15 is 0 Å². The van der Waals surface area contributed by atoms with Crippen LogP contribution in [-0.2, 0) is 21.1 Å². The quantitative estimate of drug-likeness (QED) is 0.676. The van der Waals surface area contributed by atoms with Gasteiger partial charge in [-0.3, -0.25) is 0 Å². The summed E-state index contributed by atoms with van der Waals surface area (Å²) in [5.74, 6) is 0.832. The molecule has 0 spiro atoms. The van der Waals surface area contributed by atoms with E-state index < -0.39 is 0 Å². The van der Waals surface area contributed by atoms with Crippen LogP contribution in [-0.4, -0.2) is 17.0 Å². The van der Waals surface area contributed by atoms with Gasteiger partial charge in [-0.05, 0) is 5.82 Å². The zero-order valence-electron chi connectivity index (χ0n) is 5.88. The van der Waals surface area contributed by atoms with Crippen molar-refractivity contribution in [1.29, 1.82) is 0 Å². The van der Waals surface area contributed by atoms with Crippen LogP contribution in [0.15, 0.2) is 11.1 Å². The summed E-state index contributed by atoms with van der Waals surface area (Å²) in [6.45, 7) is 1.87. The maximum Gasteiger partial charge on any atom is 0.0158 e. The number of aromatic nitrogens is 2. The van der Waals surface area contributed by atoms with E-state index in [4.69, 9.17) is 0 Å². The molecule has 0 aliphatic carbocycles. The maximum atomic E-state index is 3.90. The Kier molecular flexibility index (Phi) is 4.20.